The molecule has 0 radical (unpaired) electrons. The van der Waals surface area contributed by atoms with E-state index in [0.29, 0.717) is 0 Å². The van der Waals surface area contributed by atoms with Gasteiger partial charge < -0.3 is 15.8 Å². The summed E-state index contributed by atoms with van der Waals surface area (Å²) >= 11 is 0. The summed E-state index contributed by atoms with van der Waals surface area (Å²) in [6, 6.07) is 1.75. The second-order valence-corrected chi connectivity index (χ2v) is 4.64. The minimum atomic E-state index is -0.931. The summed E-state index contributed by atoms with van der Waals surface area (Å²) in [5.74, 6) is -2.38. The van der Waals surface area contributed by atoms with E-state index in [2.05, 4.69) is 5.32 Å². The average molecular weight is 270 g/mol. The van der Waals surface area contributed by atoms with E-state index in [1.807, 2.05) is 0 Å². The first-order valence-electron chi connectivity index (χ1n) is 6.11. The molecule has 1 aliphatic rings. The predicted molar refractivity (Wildman–Crippen MR) is 66.7 cm³/mol. The van der Waals surface area contributed by atoms with Crippen LogP contribution in [0.25, 0.3) is 0 Å². The van der Waals surface area contributed by atoms with Crippen molar-refractivity contribution >= 4 is 11.6 Å². The van der Waals surface area contributed by atoms with Crippen molar-refractivity contribution in [2.45, 2.75) is 31.4 Å². The quantitative estimate of drug-likeness (QED) is 0.824. The molecule has 2 rings (SSSR count). The molecule has 2 atom stereocenters. The fraction of sp³-hybridized carbons (Fsp3) is 0.462. The zero-order valence-electron chi connectivity index (χ0n) is 10.6. The van der Waals surface area contributed by atoms with Crippen LogP contribution >= 0.6 is 0 Å². The van der Waals surface area contributed by atoms with Crippen molar-refractivity contribution in [1.82, 2.24) is 5.32 Å². The Hall–Kier alpha value is -1.69. The first-order valence-corrected chi connectivity index (χ1v) is 6.11. The summed E-state index contributed by atoms with van der Waals surface area (Å²) in [4.78, 5) is 11.9. The summed E-state index contributed by atoms with van der Waals surface area (Å²) in [5, 5.41) is 2.73. The fourth-order valence-corrected chi connectivity index (χ4v) is 2.34. The molecule has 0 aromatic heterocycles. The van der Waals surface area contributed by atoms with Crippen molar-refractivity contribution < 1.29 is 18.3 Å². The SMILES string of the molecule is COC1CCCC1NC(=O)c1cc(F)c(N)c(F)c1. The molecule has 1 saturated carbocycles. The number of nitrogens with one attached hydrogen (secondary N) is 1. The molecule has 1 aliphatic carbocycles. The van der Waals surface area contributed by atoms with E-state index in [1.165, 1.54) is 0 Å². The molecular weight excluding hydrogens is 254 g/mol. The van der Waals surface area contributed by atoms with E-state index in [1.54, 1.807) is 7.11 Å². The third-order valence-corrected chi connectivity index (χ3v) is 3.41. The maximum Gasteiger partial charge on any atom is 0.251 e. The van der Waals surface area contributed by atoms with Crippen molar-refractivity contribution in [3.05, 3.63) is 29.3 Å². The van der Waals surface area contributed by atoms with Crippen LogP contribution in [-0.4, -0.2) is 25.2 Å². The molecule has 104 valence electrons. The van der Waals surface area contributed by atoms with E-state index < -0.39 is 23.2 Å². The van der Waals surface area contributed by atoms with Gasteiger partial charge in [-0.3, -0.25) is 4.79 Å². The molecular formula is C13H16F2N2O2. The van der Waals surface area contributed by atoms with Crippen LogP contribution < -0.4 is 11.1 Å². The second kappa shape index (κ2) is 5.52. The third-order valence-electron chi connectivity index (χ3n) is 3.41. The van der Waals surface area contributed by atoms with Crippen molar-refractivity contribution in [1.29, 1.82) is 0 Å². The Kier molecular flexibility index (Phi) is 3.99. The maximum absolute atomic E-state index is 13.3. The number of benzene rings is 1. The number of hydrogen-bond donors (Lipinski definition) is 2. The molecule has 4 nitrogen and oxygen atoms in total. The van der Waals surface area contributed by atoms with Crippen LogP contribution in [0.15, 0.2) is 12.1 Å². The molecule has 19 heavy (non-hydrogen) atoms. The molecule has 0 spiro atoms. The van der Waals surface area contributed by atoms with Gasteiger partial charge >= 0.3 is 0 Å². The van der Waals surface area contributed by atoms with Gasteiger partial charge in [0.25, 0.3) is 5.91 Å². The van der Waals surface area contributed by atoms with E-state index in [9.17, 15) is 13.6 Å². The number of amides is 1. The highest BCUT2D eigenvalue weighted by Crippen LogP contribution is 2.22. The van der Waals surface area contributed by atoms with Crippen LogP contribution in [0.3, 0.4) is 0 Å². The van der Waals surface area contributed by atoms with Crippen molar-refractivity contribution in [2.75, 3.05) is 12.8 Å². The zero-order chi connectivity index (χ0) is 14.0. The highest BCUT2D eigenvalue weighted by Gasteiger charge is 2.29. The standard InChI is InChI=1S/C13H16F2N2O2/c1-19-11-4-2-3-10(11)17-13(18)7-5-8(14)12(16)9(15)6-7/h5-6,10-11H,2-4,16H2,1H3,(H,17,18). The first-order chi connectivity index (χ1) is 9.02. The molecule has 0 aliphatic heterocycles. The number of rotatable bonds is 3. The van der Waals surface area contributed by atoms with Crippen LogP contribution in [0.2, 0.25) is 0 Å². The van der Waals surface area contributed by atoms with Crippen LogP contribution in [0.4, 0.5) is 14.5 Å². The van der Waals surface area contributed by atoms with Crippen LogP contribution in [-0.2, 0) is 4.74 Å². The Bertz CT molecular complexity index is 471. The topological polar surface area (TPSA) is 64.3 Å². The zero-order valence-corrected chi connectivity index (χ0v) is 10.6. The molecule has 2 unspecified atom stereocenters. The molecule has 0 heterocycles. The van der Waals surface area contributed by atoms with Crippen molar-refractivity contribution in [3.63, 3.8) is 0 Å². The Balaban J connectivity index is 2.12. The van der Waals surface area contributed by atoms with Gasteiger partial charge in [-0.2, -0.15) is 0 Å². The molecule has 0 saturated heterocycles. The molecule has 1 aromatic rings. The van der Waals surface area contributed by atoms with Crippen molar-refractivity contribution in [3.8, 4) is 0 Å². The van der Waals surface area contributed by atoms with Gasteiger partial charge in [-0.15, -0.1) is 0 Å². The van der Waals surface area contributed by atoms with E-state index in [-0.39, 0.29) is 17.7 Å². The Morgan fingerprint density at radius 2 is 2.00 bits per heavy atom. The van der Waals surface area contributed by atoms with Gasteiger partial charge in [-0.1, -0.05) is 0 Å². The van der Waals surface area contributed by atoms with E-state index in [0.717, 1.165) is 31.4 Å². The number of ether oxygens (including phenoxy) is 1. The predicted octanol–water partition coefficient (Wildman–Crippen LogP) is 1.84. The van der Waals surface area contributed by atoms with Gasteiger partial charge in [0.15, 0.2) is 0 Å². The number of nitrogens with two attached hydrogens (primary N) is 1. The number of carbonyl (C=O) groups excluding carboxylic acids is 1. The number of halogens is 2. The van der Waals surface area contributed by atoms with Crippen molar-refractivity contribution in [2.24, 2.45) is 0 Å². The number of methoxy groups -OCH3 is 1. The third kappa shape index (κ3) is 2.84. The lowest BCUT2D eigenvalue weighted by molar-refractivity contribution is 0.0722. The monoisotopic (exact) mass is 270 g/mol. The van der Waals surface area contributed by atoms with Gasteiger partial charge in [0, 0.05) is 12.7 Å². The van der Waals surface area contributed by atoms with Gasteiger partial charge in [-0.05, 0) is 31.4 Å². The molecule has 6 heteroatoms. The summed E-state index contributed by atoms with van der Waals surface area (Å²) in [6.45, 7) is 0. The molecule has 1 aromatic carbocycles. The molecule has 1 amide bonds. The summed E-state index contributed by atoms with van der Waals surface area (Å²) < 4.78 is 31.8. The van der Waals surface area contributed by atoms with Gasteiger partial charge in [-0.25, -0.2) is 8.78 Å². The summed E-state index contributed by atoms with van der Waals surface area (Å²) in [7, 11) is 1.58. The number of hydrogen-bond acceptors (Lipinski definition) is 3. The molecule has 0 bridgehead atoms. The maximum atomic E-state index is 13.3. The number of carbonyl (C=O) groups is 1. The minimum Gasteiger partial charge on any atom is -0.394 e. The van der Waals surface area contributed by atoms with E-state index in [4.69, 9.17) is 10.5 Å². The number of anilines is 1. The lowest BCUT2D eigenvalue weighted by Gasteiger charge is -2.19. The highest BCUT2D eigenvalue weighted by molar-refractivity contribution is 5.94. The largest absolute Gasteiger partial charge is 0.394 e. The molecule has 1 fully saturated rings. The fourth-order valence-electron chi connectivity index (χ4n) is 2.34. The smallest absolute Gasteiger partial charge is 0.251 e. The molecule has 3 N–H and O–H groups in total. The van der Waals surface area contributed by atoms with E-state index >= 15 is 0 Å². The Labute approximate surface area is 109 Å². The van der Waals surface area contributed by atoms with Crippen LogP contribution in [0.5, 0.6) is 0 Å². The second-order valence-electron chi connectivity index (χ2n) is 4.64. The summed E-state index contributed by atoms with van der Waals surface area (Å²) in [5.41, 5.74) is 4.50. The lowest BCUT2D eigenvalue weighted by atomic mass is 10.1. The highest BCUT2D eigenvalue weighted by atomic mass is 19.1. The van der Waals surface area contributed by atoms with Gasteiger partial charge in [0.1, 0.15) is 17.3 Å². The van der Waals surface area contributed by atoms with Crippen LogP contribution in [0, 0.1) is 11.6 Å². The summed E-state index contributed by atoms with van der Waals surface area (Å²) in [6.07, 6.45) is 2.57. The lowest BCUT2D eigenvalue weighted by Crippen LogP contribution is -2.40. The van der Waals surface area contributed by atoms with Gasteiger partial charge in [0.05, 0.1) is 12.1 Å². The minimum absolute atomic E-state index is 0.0487. The normalized spacial score (nSPS) is 22.5. The van der Waals surface area contributed by atoms with Gasteiger partial charge in [0.2, 0.25) is 0 Å². The number of nitrogen functional groups attached to an aromatic ring is 1. The average Bonchev–Trinajstić information content (AvgIpc) is 2.82. The Morgan fingerprint density at radius 3 is 2.58 bits per heavy atom. The first kappa shape index (κ1) is 13.7. The van der Waals surface area contributed by atoms with Crippen LogP contribution in [0.1, 0.15) is 29.6 Å². The Morgan fingerprint density at radius 1 is 1.37 bits per heavy atom.